The predicted molar refractivity (Wildman–Crippen MR) is 122 cm³/mol. The lowest BCUT2D eigenvalue weighted by Crippen LogP contribution is -1.93. The smallest absolute Gasteiger partial charge is 0.310 e. The minimum absolute atomic E-state index is 0.189. The van der Waals surface area contributed by atoms with Crippen molar-refractivity contribution in [1.82, 2.24) is 0 Å². The van der Waals surface area contributed by atoms with E-state index < -0.39 is 32.7 Å². The Morgan fingerprint density at radius 2 is 1.12 bits per heavy atom. The monoisotopic (exact) mass is 460 g/mol. The van der Waals surface area contributed by atoms with Crippen molar-refractivity contribution in [2.75, 3.05) is 0 Å². The zero-order valence-electron chi connectivity index (χ0n) is 17.3. The second kappa shape index (κ2) is 9.17. The van der Waals surface area contributed by atoms with Gasteiger partial charge in [0, 0.05) is 29.8 Å². The van der Waals surface area contributed by atoms with E-state index in [1.807, 2.05) is 30.3 Å². The normalized spacial score (nSPS) is 10.5. The van der Waals surface area contributed by atoms with Crippen LogP contribution in [-0.2, 0) is 0 Å². The van der Waals surface area contributed by atoms with E-state index >= 15 is 0 Å². The molecular weight excluding hydrogens is 444 g/mol. The Hall–Kier alpha value is -5.12. The first-order valence-electron chi connectivity index (χ1n) is 9.82. The van der Waals surface area contributed by atoms with Crippen molar-refractivity contribution in [1.29, 1.82) is 0 Å². The molecule has 0 saturated heterocycles. The molecule has 0 radical (unpaired) electrons. The van der Waals surface area contributed by atoms with Crippen LogP contribution in [0.25, 0.3) is 11.1 Å². The zero-order valence-corrected chi connectivity index (χ0v) is 17.3. The Morgan fingerprint density at radius 3 is 1.65 bits per heavy atom. The molecule has 4 aromatic rings. The average Bonchev–Trinajstić information content (AvgIpc) is 2.80. The first-order valence-corrected chi connectivity index (χ1v) is 9.82. The van der Waals surface area contributed by atoms with Crippen molar-refractivity contribution in [2.24, 2.45) is 0 Å². The first kappa shape index (κ1) is 22.1. The van der Waals surface area contributed by atoms with E-state index in [0.717, 1.165) is 29.8 Å². The summed E-state index contributed by atoms with van der Waals surface area (Å²) in [5, 5.41) is 41.6. The van der Waals surface area contributed by atoms with Gasteiger partial charge in [-0.1, -0.05) is 30.3 Å². The van der Waals surface area contributed by atoms with Gasteiger partial charge in [-0.2, -0.15) is 0 Å². The third kappa shape index (κ3) is 4.70. The Labute approximate surface area is 192 Å². The van der Waals surface area contributed by atoms with Crippen LogP contribution in [0.1, 0.15) is 0 Å². The number of hydrogen-bond donors (Lipinski definition) is 2. The minimum Gasteiger partial charge on any atom is -0.502 e. The summed E-state index contributed by atoms with van der Waals surface area (Å²) in [5.74, 6) is 0.0834. The highest BCUT2D eigenvalue weighted by molar-refractivity contribution is 5.73. The summed E-state index contributed by atoms with van der Waals surface area (Å²) in [6.45, 7) is 0. The number of ether oxygens (including phenoxy) is 2. The Balaban J connectivity index is 1.68. The van der Waals surface area contributed by atoms with Crippen molar-refractivity contribution in [3.8, 4) is 45.6 Å². The van der Waals surface area contributed by atoms with Crippen molar-refractivity contribution in [3.05, 3.63) is 105 Å². The summed E-state index contributed by atoms with van der Waals surface area (Å²) in [5.41, 5.74) is 0.515. The number of phenols is 2. The summed E-state index contributed by atoms with van der Waals surface area (Å²) in [6.07, 6.45) is 0. The molecule has 0 aliphatic heterocycles. The highest BCUT2D eigenvalue weighted by Crippen LogP contribution is 2.40. The van der Waals surface area contributed by atoms with Gasteiger partial charge in [0.1, 0.15) is 23.0 Å². The molecule has 4 aromatic carbocycles. The molecule has 0 spiro atoms. The van der Waals surface area contributed by atoms with Crippen LogP contribution in [0.5, 0.6) is 34.5 Å². The highest BCUT2D eigenvalue weighted by Gasteiger charge is 2.17. The zero-order chi connectivity index (χ0) is 24.2. The van der Waals surface area contributed by atoms with E-state index in [1.165, 1.54) is 12.1 Å². The molecule has 0 aliphatic rings. The fraction of sp³-hybridized carbons (Fsp3) is 0. The van der Waals surface area contributed by atoms with Crippen LogP contribution in [0.3, 0.4) is 0 Å². The number of aromatic hydroxyl groups is 2. The fourth-order valence-corrected chi connectivity index (χ4v) is 3.21. The van der Waals surface area contributed by atoms with Gasteiger partial charge in [-0.05, 0) is 35.9 Å². The van der Waals surface area contributed by atoms with E-state index in [9.17, 15) is 30.4 Å². The number of phenolic OH excluding ortho intramolecular Hbond substituents is 2. The van der Waals surface area contributed by atoms with Gasteiger partial charge >= 0.3 is 11.4 Å². The molecule has 170 valence electrons. The molecule has 10 nitrogen and oxygen atoms in total. The molecule has 0 fully saturated rings. The van der Waals surface area contributed by atoms with Gasteiger partial charge in [0.25, 0.3) is 0 Å². The topological polar surface area (TPSA) is 145 Å². The van der Waals surface area contributed by atoms with Crippen LogP contribution in [0.2, 0.25) is 0 Å². The Bertz CT molecular complexity index is 1390. The summed E-state index contributed by atoms with van der Waals surface area (Å²) >= 11 is 0. The standard InChI is InChI=1S/C24H16N2O8/c27-22-13-17(6-9-20(22)25(29)30)33-16-8-11-24(19(12-16)15-4-2-1-3-5-15)34-18-7-10-21(26(31)32)23(28)14-18/h1-14,27-28H. The fourth-order valence-electron chi connectivity index (χ4n) is 3.21. The lowest BCUT2D eigenvalue weighted by Gasteiger charge is -2.14. The quantitative estimate of drug-likeness (QED) is 0.246. The molecule has 2 N–H and O–H groups in total. The van der Waals surface area contributed by atoms with Crippen LogP contribution in [-0.4, -0.2) is 20.1 Å². The number of nitro groups is 2. The van der Waals surface area contributed by atoms with Crippen LogP contribution in [0.4, 0.5) is 11.4 Å². The van der Waals surface area contributed by atoms with Crippen LogP contribution in [0.15, 0.2) is 84.9 Å². The van der Waals surface area contributed by atoms with E-state index in [1.54, 1.807) is 18.2 Å². The Kier molecular flexibility index (Phi) is 5.95. The predicted octanol–water partition coefficient (Wildman–Crippen LogP) is 6.17. The maximum atomic E-state index is 10.9. The number of rotatable bonds is 7. The lowest BCUT2D eigenvalue weighted by atomic mass is 10.0. The summed E-state index contributed by atoms with van der Waals surface area (Å²) in [4.78, 5) is 20.4. The first-order chi connectivity index (χ1) is 16.3. The van der Waals surface area contributed by atoms with Crippen molar-refractivity contribution in [2.45, 2.75) is 0 Å². The van der Waals surface area contributed by atoms with Crippen molar-refractivity contribution >= 4 is 11.4 Å². The number of nitrogens with zero attached hydrogens (tertiary/aromatic N) is 2. The van der Waals surface area contributed by atoms with Crippen molar-refractivity contribution in [3.63, 3.8) is 0 Å². The lowest BCUT2D eigenvalue weighted by molar-refractivity contribution is -0.386. The molecule has 0 heterocycles. The summed E-state index contributed by atoms with van der Waals surface area (Å²) in [7, 11) is 0. The van der Waals surface area contributed by atoms with Gasteiger partial charge in [0.15, 0.2) is 11.5 Å². The number of hydrogen-bond acceptors (Lipinski definition) is 8. The van der Waals surface area contributed by atoms with Gasteiger partial charge in [-0.15, -0.1) is 0 Å². The molecule has 0 aliphatic carbocycles. The maximum absolute atomic E-state index is 10.9. The molecule has 0 atom stereocenters. The Morgan fingerprint density at radius 1 is 0.618 bits per heavy atom. The molecular formula is C24H16N2O8. The van der Waals surface area contributed by atoms with Gasteiger partial charge in [0.2, 0.25) is 0 Å². The van der Waals surface area contributed by atoms with Gasteiger partial charge < -0.3 is 19.7 Å². The summed E-state index contributed by atoms with van der Waals surface area (Å²) < 4.78 is 11.7. The van der Waals surface area contributed by atoms with E-state index in [4.69, 9.17) is 9.47 Å². The van der Waals surface area contributed by atoms with Gasteiger partial charge in [-0.25, -0.2) is 0 Å². The summed E-state index contributed by atoms with van der Waals surface area (Å²) in [6, 6.07) is 21.4. The molecule has 4 rings (SSSR count). The third-order valence-electron chi connectivity index (χ3n) is 4.79. The second-order valence-corrected chi connectivity index (χ2v) is 7.04. The van der Waals surface area contributed by atoms with E-state index in [0.29, 0.717) is 17.1 Å². The third-order valence-corrected chi connectivity index (χ3v) is 4.79. The number of nitro benzene ring substituents is 2. The SMILES string of the molecule is O=[N+]([O-])c1ccc(Oc2ccc(Oc3ccc([N+](=O)[O-])c(O)c3)c(-c3ccccc3)c2)cc1O. The number of benzene rings is 4. The van der Waals surface area contributed by atoms with Crippen LogP contribution in [0, 0.1) is 20.2 Å². The van der Waals surface area contributed by atoms with E-state index in [-0.39, 0.29) is 11.5 Å². The molecule has 0 saturated carbocycles. The molecule has 10 heteroatoms. The van der Waals surface area contributed by atoms with Crippen molar-refractivity contribution < 1.29 is 29.5 Å². The maximum Gasteiger partial charge on any atom is 0.310 e. The van der Waals surface area contributed by atoms with Gasteiger partial charge in [-0.3, -0.25) is 20.2 Å². The second-order valence-electron chi connectivity index (χ2n) is 7.04. The minimum atomic E-state index is -0.700. The van der Waals surface area contributed by atoms with Gasteiger partial charge in [0.05, 0.1) is 9.85 Å². The molecule has 0 bridgehead atoms. The van der Waals surface area contributed by atoms with E-state index in [2.05, 4.69) is 0 Å². The molecule has 0 unspecified atom stereocenters. The average molecular weight is 460 g/mol. The van der Waals surface area contributed by atoms with Crippen LogP contribution < -0.4 is 9.47 Å². The molecule has 34 heavy (non-hydrogen) atoms. The molecule has 0 aromatic heterocycles. The van der Waals surface area contributed by atoms with Crippen LogP contribution >= 0.6 is 0 Å². The highest BCUT2D eigenvalue weighted by atomic mass is 16.6. The largest absolute Gasteiger partial charge is 0.502 e. The molecule has 0 amide bonds.